The number of aromatic nitrogens is 3. The Labute approximate surface area is 144 Å². The Bertz CT molecular complexity index is 755. The van der Waals surface area contributed by atoms with Crippen LogP contribution in [0.4, 0.5) is 0 Å². The summed E-state index contributed by atoms with van der Waals surface area (Å²) in [5.41, 5.74) is 1.07. The van der Waals surface area contributed by atoms with Crippen LogP contribution in [0.2, 0.25) is 5.02 Å². The van der Waals surface area contributed by atoms with Crippen molar-refractivity contribution in [3.05, 3.63) is 46.7 Å². The topological polar surface area (TPSA) is 77.3 Å². The minimum atomic E-state index is -0.489. The highest BCUT2D eigenvalue weighted by atomic mass is 35.5. The van der Waals surface area contributed by atoms with Crippen LogP contribution in [-0.2, 0) is 16.0 Å². The van der Waals surface area contributed by atoms with E-state index in [2.05, 4.69) is 10.3 Å². The summed E-state index contributed by atoms with van der Waals surface area (Å²) < 4.78 is 6.48. The molecule has 0 atom stereocenters. The van der Waals surface area contributed by atoms with Gasteiger partial charge in [-0.3, -0.25) is 4.79 Å². The molecule has 2 aromatic rings. The molecular formula is C16H17ClN4O3. The maximum atomic E-state index is 12.2. The van der Waals surface area contributed by atoms with Gasteiger partial charge in [-0.15, -0.1) is 5.10 Å². The Hall–Kier alpha value is -2.41. The lowest BCUT2D eigenvalue weighted by atomic mass is 10.1. The second kappa shape index (κ2) is 7.00. The van der Waals surface area contributed by atoms with Crippen LogP contribution in [0, 0.1) is 0 Å². The largest absolute Gasteiger partial charge is 0.461 e. The third-order valence-electron chi connectivity index (χ3n) is 3.83. The van der Waals surface area contributed by atoms with Crippen LogP contribution in [0.15, 0.2) is 30.5 Å². The van der Waals surface area contributed by atoms with Gasteiger partial charge in [-0.05, 0) is 24.6 Å². The lowest BCUT2D eigenvalue weighted by molar-refractivity contribution is -0.136. The zero-order chi connectivity index (χ0) is 17.1. The van der Waals surface area contributed by atoms with Gasteiger partial charge in [0.25, 0.3) is 0 Å². The molecule has 0 aliphatic carbocycles. The summed E-state index contributed by atoms with van der Waals surface area (Å²) in [6, 6.07) is 7.31. The molecular weight excluding hydrogens is 332 g/mol. The second-order valence-corrected chi connectivity index (χ2v) is 6.00. The van der Waals surface area contributed by atoms with Crippen molar-refractivity contribution in [1.82, 2.24) is 19.9 Å². The maximum absolute atomic E-state index is 12.2. The number of likely N-dealkylation sites (tertiary alicyclic amines) is 1. The zero-order valence-electron chi connectivity index (χ0n) is 13.2. The van der Waals surface area contributed by atoms with Crippen LogP contribution in [0.25, 0.3) is 0 Å². The molecule has 1 aromatic heterocycles. The Morgan fingerprint density at radius 2 is 2.17 bits per heavy atom. The fourth-order valence-electron chi connectivity index (χ4n) is 2.51. The first kappa shape index (κ1) is 16.4. The van der Waals surface area contributed by atoms with E-state index in [0.717, 1.165) is 5.56 Å². The number of esters is 1. The van der Waals surface area contributed by atoms with E-state index < -0.39 is 5.97 Å². The molecule has 8 heteroatoms. The van der Waals surface area contributed by atoms with Crippen molar-refractivity contribution in [3.8, 4) is 0 Å². The number of halogens is 1. The van der Waals surface area contributed by atoms with E-state index in [1.54, 1.807) is 34.8 Å². The van der Waals surface area contributed by atoms with E-state index >= 15 is 0 Å². The summed E-state index contributed by atoms with van der Waals surface area (Å²) >= 11 is 5.93. The average molecular weight is 349 g/mol. The molecule has 0 N–H and O–H groups in total. The third kappa shape index (κ3) is 3.56. The van der Waals surface area contributed by atoms with Crippen LogP contribution in [0.5, 0.6) is 0 Å². The highest BCUT2D eigenvalue weighted by molar-refractivity contribution is 6.30. The van der Waals surface area contributed by atoms with E-state index in [1.165, 1.54) is 0 Å². The van der Waals surface area contributed by atoms with Gasteiger partial charge in [0.05, 0.1) is 25.3 Å². The molecule has 0 bridgehead atoms. The molecule has 1 aromatic carbocycles. The van der Waals surface area contributed by atoms with Crippen molar-refractivity contribution < 1.29 is 14.3 Å². The van der Waals surface area contributed by atoms with Crippen molar-refractivity contribution in [2.24, 2.45) is 0 Å². The molecule has 0 saturated carbocycles. The van der Waals surface area contributed by atoms with E-state index in [9.17, 15) is 9.59 Å². The Kier molecular flexibility index (Phi) is 4.80. The number of nitrogens with zero attached hydrogens (tertiary/aromatic N) is 4. The number of rotatable bonds is 5. The van der Waals surface area contributed by atoms with Gasteiger partial charge in [0, 0.05) is 18.1 Å². The van der Waals surface area contributed by atoms with Crippen LogP contribution in [-0.4, -0.2) is 51.5 Å². The predicted molar refractivity (Wildman–Crippen MR) is 86.8 cm³/mol. The summed E-state index contributed by atoms with van der Waals surface area (Å²) in [6.45, 7) is 3.12. The van der Waals surface area contributed by atoms with E-state index in [1.807, 2.05) is 12.1 Å². The van der Waals surface area contributed by atoms with Gasteiger partial charge in [0.1, 0.15) is 0 Å². The quantitative estimate of drug-likeness (QED) is 0.769. The monoisotopic (exact) mass is 348 g/mol. The normalized spacial score (nSPS) is 14.3. The van der Waals surface area contributed by atoms with Crippen molar-refractivity contribution in [3.63, 3.8) is 0 Å². The average Bonchev–Trinajstić information content (AvgIpc) is 2.95. The molecule has 7 nitrogen and oxygen atoms in total. The van der Waals surface area contributed by atoms with Gasteiger partial charge in [-0.2, -0.15) is 0 Å². The number of hydrogen-bond donors (Lipinski definition) is 0. The zero-order valence-corrected chi connectivity index (χ0v) is 13.9. The predicted octanol–water partition coefficient (Wildman–Crippen LogP) is 1.73. The van der Waals surface area contributed by atoms with Gasteiger partial charge in [-0.25, -0.2) is 9.48 Å². The fourth-order valence-corrected chi connectivity index (χ4v) is 2.73. The minimum absolute atomic E-state index is 0.0315. The minimum Gasteiger partial charge on any atom is -0.461 e. The molecule has 0 radical (unpaired) electrons. The Balaban J connectivity index is 1.53. The van der Waals surface area contributed by atoms with Crippen LogP contribution < -0.4 is 0 Å². The van der Waals surface area contributed by atoms with Gasteiger partial charge in [-0.1, -0.05) is 28.9 Å². The van der Waals surface area contributed by atoms with E-state index in [0.29, 0.717) is 31.1 Å². The Morgan fingerprint density at radius 1 is 1.38 bits per heavy atom. The summed E-state index contributed by atoms with van der Waals surface area (Å²) in [7, 11) is 0. The van der Waals surface area contributed by atoms with Gasteiger partial charge >= 0.3 is 5.97 Å². The molecule has 0 spiro atoms. The molecule has 1 saturated heterocycles. The van der Waals surface area contributed by atoms with Crippen molar-refractivity contribution >= 4 is 23.5 Å². The number of hydrogen-bond acceptors (Lipinski definition) is 5. The molecule has 126 valence electrons. The summed E-state index contributed by atoms with van der Waals surface area (Å²) in [4.78, 5) is 25.6. The number of carbonyl (C=O) groups is 2. The molecule has 1 fully saturated rings. The summed E-state index contributed by atoms with van der Waals surface area (Å²) in [5, 5.41) is 8.37. The van der Waals surface area contributed by atoms with Gasteiger partial charge in [0.15, 0.2) is 5.69 Å². The molecule has 1 aliphatic rings. The highest BCUT2D eigenvalue weighted by Gasteiger charge is 2.33. The number of carbonyl (C=O) groups excluding carboxylic acids is 2. The fraction of sp³-hybridized carbons (Fsp3) is 0.375. The summed E-state index contributed by atoms with van der Waals surface area (Å²) in [6.07, 6.45) is 1.88. The van der Waals surface area contributed by atoms with Crippen LogP contribution in [0.3, 0.4) is 0 Å². The van der Waals surface area contributed by atoms with Crippen molar-refractivity contribution in [2.75, 3.05) is 19.7 Å². The molecule has 3 rings (SSSR count). The third-order valence-corrected chi connectivity index (χ3v) is 4.06. The lowest BCUT2D eigenvalue weighted by Gasteiger charge is -2.38. The smallest absolute Gasteiger partial charge is 0.360 e. The van der Waals surface area contributed by atoms with Crippen molar-refractivity contribution in [1.29, 1.82) is 0 Å². The van der Waals surface area contributed by atoms with Crippen LogP contribution >= 0.6 is 11.6 Å². The first-order valence-electron chi connectivity index (χ1n) is 7.68. The van der Waals surface area contributed by atoms with Crippen LogP contribution in [0.1, 0.15) is 29.0 Å². The SMILES string of the molecule is CCOC(=O)c1cn(C2CN(C(=O)Cc3cccc(Cl)c3)C2)nn1. The lowest BCUT2D eigenvalue weighted by Crippen LogP contribution is -2.51. The second-order valence-electron chi connectivity index (χ2n) is 5.56. The highest BCUT2D eigenvalue weighted by Crippen LogP contribution is 2.22. The number of amides is 1. The standard InChI is InChI=1S/C16H17ClN4O3/c1-2-24-16(23)14-10-21(19-18-14)13-8-20(9-13)15(22)7-11-4-3-5-12(17)6-11/h3-6,10,13H,2,7-9H2,1H3. The van der Waals surface area contributed by atoms with E-state index in [-0.39, 0.29) is 17.6 Å². The molecule has 1 aliphatic heterocycles. The number of benzene rings is 1. The van der Waals surface area contributed by atoms with Crippen molar-refractivity contribution in [2.45, 2.75) is 19.4 Å². The first-order chi connectivity index (χ1) is 11.6. The molecule has 1 amide bonds. The van der Waals surface area contributed by atoms with Gasteiger partial charge in [0.2, 0.25) is 5.91 Å². The first-order valence-corrected chi connectivity index (χ1v) is 8.05. The molecule has 24 heavy (non-hydrogen) atoms. The van der Waals surface area contributed by atoms with E-state index in [4.69, 9.17) is 16.3 Å². The maximum Gasteiger partial charge on any atom is 0.360 e. The molecule has 2 heterocycles. The Morgan fingerprint density at radius 3 is 2.88 bits per heavy atom. The van der Waals surface area contributed by atoms with Gasteiger partial charge < -0.3 is 9.64 Å². The summed E-state index contributed by atoms with van der Waals surface area (Å²) in [5.74, 6) is -0.448. The molecule has 0 unspecified atom stereocenters. The number of ether oxygens (including phenoxy) is 1.